The summed E-state index contributed by atoms with van der Waals surface area (Å²) in [5.41, 5.74) is 7.99. The molecule has 0 aliphatic carbocycles. The number of aliphatic hydroxyl groups excluding tert-OH is 1. The Bertz CT molecular complexity index is 407. The van der Waals surface area contributed by atoms with Gasteiger partial charge in [0.05, 0.1) is 12.7 Å². The Kier molecular flexibility index (Phi) is 6.99. The van der Waals surface area contributed by atoms with E-state index >= 15 is 0 Å². The van der Waals surface area contributed by atoms with Gasteiger partial charge < -0.3 is 20.5 Å². The van der Waals surface area contributed by atoms with Gasteiger partial charge in [0.1, 0.15) is 5.75 Å². The molecule has 1 aromatic rings. The third-order valence-electron chi connectivity index (χ3n) is 3.35. The molecule has 114 valence electrons. The van der Waals surface area contributed by atoms with E-state index < -0.39 is 6.10 Å². The molecule has 0 aliphatic rings. The molecule has 0 spiro atoms. The van der Waals surface area contributed by atoms with E-state index in [0.717, 1.165) is 36.3 Å². The number of benzene rings is 1. The number of aryl methyl sites for hydroxylation is 1. The molecule has 4 heteroatoms. The van der Waals surface area contributed by atoms with Gasteiger partial charge in [0, 0.05) is 6.04 Å². The van der Waals surface area contributed by atoms with Crippen LogP contribution in [0, 0.1) is 6.92 Å². The highest BCUT2D eigenvalue weighted by Crippen LogP contribution is 2.25. The Labute approximate surface area is 122 Å². The van der Waals surface area contributed by atoms with Gasteiger partial charge in [-0.25, -0.2) is 0 Å². The zero-order valence-corrected chi connectivity index (χ0v) is 13.1. The van der Waals surface area contributed by atoms with Gasteiger partial charge >= 0.3 is 0 Å². The number of nitrogens with zero attached hydrogens (tertiary/aromatic N) is 1. The van der Waals surface area contributed by atoms with Gasteiger partial charge in [-0.2, -0.15) is 0 Å². The first-order valence-electron chi connectivity index (χ1n) is 7.27. The van der Waals surface area contributed by atoms with Crippen molar-refractivity contribution >= 4 is 0 Å². The van der Waals surface area contributed by atoms with Crippen molar-refractivity contribution in [2.75, 3.05) is 27.2 Å². The Morgan fingerprint density at radius 1 is 1.35 bits per heavy atom. The average Bonchev–Trinajstić information content (AvgIpc) is 2.41. The van der Waals surface area contributed by atoms with Crippen LogP contribution in [0.4, 0.5) is 0 Å². The fourth-order valence-corrected chi connectivity index (χ4v) is 2.09. The van der Waals surface area contributed by atoms with Crippen LogP contribution >= 0.6 is 0 Å². The summed E-state index contributed by atoms with van der Waals surface area (Å²) in [5, 5.41) is 10.4. The van der Waals surface area contributed by atoms with Gasteiger partial charge in [-0.1, -0.05) is 13.0 Å². The van der Waals surface area contributed by atoms with Crippen molar-refractivity contribution in [3.05, 3.63) is 29.3 Å². The Morgan fingerprint density at radius 2 is 2.05 bits per heavy atom. The van der Waals surface area contributed by atoms with Crippen molar-refractivity contribution in [1.82, 2.24) is 4.90 Å². The number of hydrogen-bond donors (Lipinski definition) is 2. The third-order valence-corrected chi connectivity index (χ3v) is 3.35. The standard InChI is InChI=1S/C16H28N2O2/c1-5-10-20-13-6-7-14(12(2)11-13)16(19)15(17)8-9-18(3)4/h6-7,11,15-16,19H,5,8-10,17H2,1-4H3. The zero-order valence-electron chi connectivity index (χ0n) is 13.1. The van der Waals surface area contributed by atoms with Crippen LogP contribution in [0.3, 0.4) is 0 Å². The predicted molar refractivity (Wildman–Crippen MR) is 83.1 cm³/mol. The predicted octanol–water partition coefficient (Wildman–Crippen LogP) is 2.10. The van der Waals surface area contributed by atoms with E-state index in [1.165, 1.54) is 0 Å². The molecule has 4 nitrogen and oxygen atoms in total. The van der Waals surface area contributed by atoms with Crippen LogP contribution in [0.25, 0.3) is 0 Å². The van der Waals surface area contributed by atoms with Crippen molar-refractivity contribution in [1.29, 1.82) is 0 Å². The SMILES string of the molecule is CCCOc1ccc(C(O)C(N)CCN(C)C)c(C)c1. The van der Waals surface area contributed by atoms with E-state index in [1.807, 2.05) is 39.2 Å². The maximum Gasteiger partial charge on any atom is 0.119 e. The van der Waals surface area contributed by atoms with Crippen LogP contribution in [-0.2, 0) is 0 Å². The highest BCUT2D eigenvalue weighted by atomic mass is 16.5. The second-order valence-electron chi connectivity index (χ2n) is 5.57. The maximum absolute atomic E-state index is 10.4. The minimum Gasteiger partial charge on any atom is -0.494 e. The summed E-state index contributed by atoms with van der Waals surface area (Å²) < 4.78 is 5.59. The molecular weight excluding hydrogens is 252 g/mol. The summed E-state index contributed by atoms with van der Waals surface area (Å²) in [7, 11) is 4.01. The van der Waals surface area contributed by atoms with E-state index in [2.05, 4.69) is 11.8 Å². The fraction of sp³-hybridized carbons (Fsp3) is 0.625. The molecule has 1 aromatic carbocycles. The van der Waals surface area contributed by atoms with E-state index in [-0.39, 0.29) is 6.04 Å². The Morgan fingerprint density at radius 3 is 2.60 bits per heavy atom. The molecular formula is C16H28N2O2. The van der Waals surface area contributed by atoms with Crippen LogP contribution in [-0.4, -0.2) is 43.3 Å². The first kappa shape index (κ1) is 17.0. The molecule has 0 fully saturated rings. The van der Waals surface area contributed by atoms with E-state index in [4.69, 9.17) is 10.5 Å². The number of nitrogens with two attached hydrogens (primary N) is 1. The first-order valence-corrected chi connectivity index (χ1v) is 7.27. The quantitative estimate of drug-likeness (QED) is 0.765. The maximum atomic E-state index is 10.4. The van der Waals surface area contributed by atoms with Crippen molar-refractivity contribution in [3.8, 4) is 5.75 Å². The van der Waals surface area contributed by atoms with E-state index in [0.29, 0.717) is 6.61 Å². The molecule has 0 radical (unpaired) electrons. The molecule has 0 saturated heterocycles. The van der Waals surface area contributed by atoms with Crippen LogP contribution < -0.4 is 10.5 Å². The molecule has 20 heavy (non-hydrogen) atoms. The molecule has 3 N–H and O–H groups in total. The van der Waals surface area contributed by atoms with Crippen molar-refractivity contribution in [2.24, 2.45) is 5.73 Å². The van der Waals surface area contributed by atoms with Crippen LogP contribution in [0.15, 0.2) is 18.2 Å². The first-order chi connectivity index (χ1) is 9.45. The van der Waals surface area contributed by atoms with Gasteiger partial charge in [0.25, 0.3) is 0 Å². The minimum atomic E-state index is -0.629. The molecule has 0 aliphatic heterocycles. The Hall–Kier alpha value is -1.10. The number of rotatable bonds is 8. The fourth-order valence-electron chi connectivity index (χ4n) is 2.09. The van der Waals surface area contributed by atoms with Crippen LogP contribution in [0.2, 0.25) is 0 Å². The third kappa shape index (κ3) is 5.12. The summed E-state index contributed by atoms with van der Waals surface area (Å²) >= 11 is 0. The lowest BCUT2D eigenvalue weighted by Crippen LogP contribution is -2.32. The lowest BCUT2D eigenvalue weighted by molar-refractivity contribution is 0.137. The second-order valence-corrected chi connectivity index (χ2v) is 5.57. The summed E-state index contributed by atoms with van der Waals surface area (Å²) in [6, 6.07) is 5.53. The lowest BCUT2D eigenvalue weighted by Gasteiger charge is -2.22. The van der Waals surface area contributed by atoms with E-state index in [9.17, 15) is 5.11 Å². The Balaban J connectivity index is 2.70. The number of ether oxygens (including phenoxy) is 1. The highest BCUT2D eigenvalue weighted by molar-refractivity contribution is 5.36. The largest absolute Gasteiger partial charge is 0.494 e. The van der Waals surface area contributed by atoms with Crippen molar-refractivity contribution < 1.29 is 9.84 Å². The molecule has 0 heterocycles. The highest BCUT2D eigenvalue weighted by Gasteiger charge is 2.19. The molecule has 2 atom stereocenters. The molecule has 0 saturated carbocycles. The van der Waals surface area contributed by atoms with Gasteiger partial charge in [-0.15, -0.1) is 0 Å². The van der Waals surface area contributed by atoms with Gasteiger partial charge in [0.2, 0.25) is 0 Å². The normalized spacial score (nSPS) is 14.3. The molecule has 0 bridgehead atoms. The van der Waals surface area contributed by atoms with Gasteiger partial charge in [-0.05, 0) is 63.7 Å². The summed E-state index contributed by atoms with van der Waals surface area (Å²) in [4.78, 5) is 2.07. The van der Waals surface area contributed by atoms with Gasteiger partial charge in [0.15, 0.2) is 0 Å². The smallest absolute Gasteiger partial charge is 0.119 e. The second kappa shape index (κ2) is 8.25. The summed E-state index contributed by atoms with van der Waals surface area (Å²) in [6.07, 6.45) is 1.12. The van der Waals surface area contributed by atoms with E-state index in [1.54, 1.807) is 0 Å². The number of hydrogen-bond acceptors (Lipinski definition) is 4. The monoisotopic (exact) mass is 280 g/mol. The molecule has 0 aromatic heterocycles. The van der Waals surface area contributed by atoms with Crippen molar-refractivity contribution in [3.63, 3.8) is 0 Å². The van der Waals surface area contributed by atoms with Crippen molar-refractivity contribution in [2.45, 2.75) is 38.8 Å². The average molecular weight is 280 g/mol. The summed E-state index contributed by atoms with van der Waals surface area (Å²) in [5.74, 6) is 0.849. The van der Waals surface area contributed by atoms with Gasteiger partial charge in [-0.3, -0.25) is 0 Å². The zero-order chi connectivity index (χ0) is 15.1. The molecule has 1 rings (SSSR count). The van der Waals surface area contributed by atoms with Crippen LogP contribution in [0.1, 0.15) is 37.0 Å². The lowest BCUT2D eigenvalue weighted by atomic mass is 9.96. The molecule has 2 unspecified atom stereocenters. The molecule has 0 amide bonds. The van der Waals surface area contributed by atoms with Crippen LogP contribution in [0.5, 0.6) is 5.75 Å². The minimum absolute atomic E-state index is 0.251. The summed E-state index contributed by atoms with van der Waals surface area (Å²) in [6.45, 7) is 5.64. The topological polar surface area (TPSA) is 58.7 Å². The number of aliphatic hydroxyl groups is 1.